The molecule has 0 saturated carbocycles. The van der Waals surface area contributed by atoms with E-state index in [0.29, 0.717) is 6.42 Å². The Morgan fingerprint density at radius 2 is 1.32 bits per heavy atom. The lowest BCUT2D eigenvalue weighted by molar-refractivity contribution is -0.152. The maximum Gasteiger partial charge on any atom is 0.305 e. The Labute approximate surface area is 288 Å². The topological polar surface area (TPSA) is 252 Å². The number of aliphatic carboxylic acids is 2. The number of hydrogen-bond donors (Lipinski definition) is 7. The SMILES string of the molecule is CC(C)C[C@@H]1NC(=O)[C@@H]2Cc3ccccc3CN2C(=O)[C@H]2CCCN2C(=O)[C@@H](CC(=O)O)NC(=O)[C@H]([C@@H](C)O)NC(=O)[C@@H](CC(=O)O)NC1=O. The summed E-state index contributed by atoms with van der Waals surface area (Å²) in [4.78, 5) is 109. The predicted molar refractivity (Wildman–Crippen MR) is 173 cm³/mol. The van der Waals surface area contributed by atoms with Crippen molar-refractivity contribution in [1.82, 2.24) is 31.1 Å². The summed E-state index contributed by atoms with van der Waals surface area (Å²) in [5.74, 6) is -8.49. The molecular formula is C33H44N6O11. The second-order valence-electron chi connectivity index (χ2n) is 13.4. The van der Waals surface area contributed by atoms with Crippen LogP contribution >= 0.6 is 0 Å². The van der Waals surface area contributed by atoms with Gasteiger partial charge in [-0.1, -0.05) is 38.1 Å². The summed E-state index contributed by atoms with van der Waals surface area (Å²) in [7, 11) is 0. The molecule has 272 valence electrons. The molecular weight excluding hydrogens is 656 g/mol. The first-order valence-electron chi connectivity index (χ1n) is 16.6. The number of aliphatic hydroxyl groups is 1. The number of carbonyl (C=O) groups excluding carboxylic acids is 6. The van der Waals surface area contributed by atoms with Crippen LogP contribution in [0.25, 0.3) is 0 Å². The fraction of sp³-hybridized carbons (Fsp3) is 0.576. The molecule has 0 aliphatic carbocycles. The maximum atomic E-state index is 14.3. The minimum absolute atomic E-state index is 0.00111. The van der Waals surface area contributed by atoms with Crippen molar-refractivity contribution in [1.29, 1.82) is 0 Å². The number of rotatable bonds is 7. The summed E-state index contributed by atoms with van der Waals surface area (Å²) in [5.41, 5.74) is 1.56. The number of aliphatic hydroxyl groups excluding tert-OH is 1. The van der Waals surface area contributed by atoms with Gasteiger partial charge in [0, 0.05) is 19.5 Å². The van der Waals surface area contributed by atoms with Crippen LogP contribution in [0, 0.1) is 5.92 Å². The number of carboxylic acid groups (broad SMARTS) is 2. The summed E-state index contributed by atoms with van der Waals surface area (Å²) in [6.45, 7) is 4.75. The highest BCUT2D eigenvalue weighted by Gasteiger charge is 2.45. The molecule has 0 spiro atoms. The standard InChI is InChI=1S/C33H44N6O11/c1-16(2)11-20-28(45)34-21(13-25(41)42)29(46)37-27(17(3)40)31(48)36-22(14-26(43)44)32(49)38-10-6-9-23(38)33(50)39-15-19-8-5-4-7-18(19)12-24(39)30(47)35-20/h4-5,7-8,16-17,20-24,27,40H,6,9-15H2,1-3H3,(H,34,45)(H,35,47)(H,36,48)(H,37,46)(H,41,42)(H,43,44)/t17-,20+,21-,22-,23-,24+,27+/m1/s1. The Morgan fingerprint density at radius 3 is 1.94 bits per heavy atom. The van der Waals surface area contributed by atoms with Crippen molar-refractivity contribution in [3.8, 4) is 0 Å². The first-order valence-corrected chi connectivity index (χ1v) is 16.6. The zero-order valence-electron chi connectivity index (χ0n) is 28.1. The van der Waals surface area contributed by atoms with Crippen molar-refractivity contribution in [3.05, 3.63) is 35.4 Å². The molecule has 1 aromatic carbocycles. The van der Waals surface area contributed by atoms with Gasteiger partial charge in [-0.05, 0) is 43.2 Å². The second kappa shape index (κ2) is 16.1. The van der Waals surface area contributed by atoms with Gasteiger partial charge in [-0.3, -0.25) is 38.4 Å². The van der Waals surface area contributed by atoms with Gasteiger partial charge in [-0.15, -0.1) is 0 Å². The van der Waals surface area contributed by atoms with Gasteiger partial charge in [-0.25, -0.2) is 0 Å². The molecule has 2 fully saturated rings. The monoisotopic (exact) mass is 700 g/mol. The van der Waals surface area contributed by atoms with Gasteiger partial charge in [-0.2, -0.15) is 0 Å². The molecule has 6 amide bonds. The molecule has 0 radical (unpaired) electrons. The van der Waals surface area contributed by atoms with E-state index in [0.717, 1.165) is 18.1 Å². The van der Waals surface area contributed by atoms with Gasteiger partial charge in [0.1, 0.15) is 36.3 Å². The molecule has 3 aliphatic heterocycles. The average molecular weight is 701 g/mol. The van der Waals surface area contributed by atoms with E-state index < -0.39 is 103 Å². The Kier molecular flexibility index (Phi) is 12.2. The predicted octanol–water partition coefficient (Wildman–Crippen LogP) is -1.74. The fourth-order valence-electron chi connectivity index (χ4n) is 6.59. The van der Waals surface area contributed by atoms with E-state index in [1.54, 1.807) is 32.0 Å². The molecule has 0 bridgehead atoms. The lowest BCUT2D eigenvalue weighted by Crippen LogP contribution is -2.63. The summed E-state index contributed by atoms with van der Waals surface area (Å²) in [6, 6.07) is -1.62. The first-order chi connectivity index (χ1) is 23.6. The van der Waals surface area contributed by atoms with Gasteiger partial charge in [0.2, 0.25) is 35.4 Å². The largest absolute Gasteiger partial charge is 0.481 e. The van der Waals surface area contributed by atoms with Gasteiger partial charge in [0.25, 0.3) is 0 Å². The van der Waals surface area contributed by atoms with Crippen LogP contribution in [-0.4, -0.2) is 121 Å². The Morgan fingerprint density at radius 1 is 0.740 bits per heavy atom. The van der Waals surface area contributed by atoms with Crippen molar-refractivity contribution >= 4 is 47.4 Å². The average Bonchev–Trinajstić information content (AvgIpc) is 3.53. The van der Waals surface area contributed by atoms with E-state index in [9.17, 15) is 53.7 Å². The number of carboxylic acids is 2. The lowest BCUT2D eigenvalue weighted by atomic mass is 9.92. The zero-order chi connectivity index (χ0) is 36.9. The van der Waals surface area contributed by atoms with E-state index in [1.165, 1.54) is 9.80 Å². The third-order valence-corrected chi connectivity index (χ3v) is 9.06. The fourth-order valence-corrected chi connectivity index (χ4v) is 6.59. The van der Waals surface area contributed by atoms with E-state index >= 15 is 0 Å². The van der Waals surface area contributed by atoms with Crippen molar-refractivity contribution in [2.75, 3.05) is 6.54 Å². The minimum atomic E-state index is -1.81. The Bertz CT molecular complexity index is 1530. The Balaban J connectivity index is 1.81. The number of amides is 6. The number of hydrogen-bond acceptors (Lipinski definition) is 9. The highest BCUT2D eigenvalue weighted by Crippen LogP contribution is 2.28. The molecule has 50 heavy (non-hydrogen) atoms. The van der Waals surface area contributed by atoms with Gasteiger partial charge in [0.05, 0.1) is 18.9 Å². The van der Waals surface area contributed by atoms with Crippen LogP contribution in [0.1, 0.15) is 64.0 Å². The molecule has 17 heteroatoms. The lowest BCUT2D eigenvalue weighted by Gasteiger charge is -2.40. The van der Waals surface area contributed by atoms with E-state index in [2.05, 4.69) is 21.3 Å². The number of nitrogens with one attached hydrogen (secondary N) is 4. The summed E-state index contributed by atoms with van der Waals surface area (Å²) < 4.78 is 0. The van der Waals surface area contributed by atoms with Crippen LogP contribution in [0.4, 0.5) is 0 Å². The molecule has 4 rings (SSSR count). The molecule has 1 aromatic rings. The highest BCUT2D eigenvalue weighted by molar-refractivity contribution is 6.00. The molecule has 0 unspecified atom stereocenters. The van der Waals surface area contributed by atoms with E-state index in [4.69, 9.17) is 0 Å². The summed E-state index contributed by atoms with van der Waals surface area (Å²) >= 11 is 0. The number of benzene rings is 1. The van der Waals surface area contributed by atoms with Gasteiger partial charge >= 0.3 is 11.9 Å². The van der Waals surface area contributed by atoms with Crippen molar-refractivity contribution in [3.63, 3.8) is 0 Å². The molecule has 17 nitrogen and oxygen atoms in total. The summed E-state index contributed by atoms with van der Waals surface area (Å²) in [5, 5.41) is 39.1. The number of fused-ring (bicyclic) bond motifs is 3. The second-order valence-corrected chi connectivity index (χ2v) is 13.4. The van der Waals surface area contributed by atoms with E-state index in [1.807, 2.05) is 6.07 Å². The minimum Gasteiger partial charge on any atom is -0.481 e. The third-order valence-electron chi connectivity index (χ3n) is 9.06. The van der Waals surface area contributed by atoms with Crippen molar-refractivity contribution in [2.24, 2.45) is 5.92 Å². The van der Waals surface area contributed by atoms with Crippen LogP contribution < -0.4 is 21.3 Å². The van der Waals surface area contributed by atoms with Crippen LogP contribution in [0.5, 0.6) is 0 Å². The van der Waals surface area contributed by atoms with Crippen LogP contribution in [-0.2, 0) is 51.3 Å². The molecule has 7 N–H and O–H groups in total. The first kappa shape index (κ1) is 37.8. The third kappa shape index (κ3) is 8.94. The molecule has 3 heterocycles. The molecule has 2 saturated heterocycles. The maximum absolute atomic E-state index is 14.3. The van der Waals surface area contributed by atoms with Crippen molar-refractivity contribution < 1.29 is 53.7 Å². The summed E-state index contributed by atoms with van der Waals surface area (Å²) in [6.07, 6.45) is -2.76. The zero-order valence-corrected chi connectivity index (χ0v) is 28.1. The quantitative estimate of drug-likeness (QED) is 0.168. The van der Waals surface area contributed by atoms with Crippen LogP contribution in [0.3, 0.4) is 0 Å². The van der Waals surface area contributed by atoms with E-state index in [-0.39, 0.29) is 38.3 Å². The molecule has 0 aromatic heterocycles. The van der Waals surface area contributed by atoms with Crippen LogP contribution in [0.2, 0.25) is 0 Å². The normalized spacial score (nSPS) is 27.5. The molecule has 7 atom stereocenters. The Hall–Kier alpha value is -5.06. The molecule has 3 aliphatic rings. The van der Waals surface area contributed by atoms with Crippen molar-refractivity contribution in [2.45, 2.75) is 108 Å². The smallest absolute Gasteiger partial charge is 0.305 e. The number of carbonyl (C=O) groups is 8. The van der Waals surface area contributed by atoms with Gasteiger partial charge < -0.3 is 46.4 Å². The number of nitrogens with zero attached hydrogens (tertiary/aromatic N) is 2. The van der Waals surface area contributed by atoms with Crippen LogP contribution in [0.15, 0.2) is 24.3 Å². The highest BCUT2D eigenvalue weighted by atomic mass is 16.4. The van der Waals surface area contributed by atoms with Gasteiger partial charge in [0.15, 0.2) is 0 Å².